The summed E-state index contributed by atoms with van der Waals surface area (Å²) in [7, 11) is 0. The van der Waals surface area contributed by atoms with Gasteiger partial charge in [0.1, 0.15) is 12.4 Å². The fourth-order valence-electron chi connectivity index (χ4n) is 4.41. The van der Waals surface area contributed by atoms with E-state index in [1.54, 1.807) is 51.5 Å². The Balaban J connectivity index is 1.54. The summed E-state index contributed by atoms with van der Waals surface area (Å²) in [5.41, 5.74) is 1.34. The van der Waals surface area contributed by atoms with E-state index in [1.165, 1.54) is 12.1 Å². The number of anilines is 1. The molecule has 0 radical (unpaired) electrons. The third-order valence-electron chi connectivity index (χ3n) is 6.32. The molecule has 190 valence electrons. The first-order chi connectivity index (χ1) is 17.4. The highest BCUT2D eigenvalue weighted by Crippen LogP contribution is 2.27. The van der Waals surface area contributed by atoms with Gasteiger partial charge < -0.3 is 15.1 Å². The lowest BCUT2D eigenvalue weighted by molar-refractivity contribution is -0.133. The average Bonchev–Trinajstić information content (AvgIpc) is 3.39. The molecule has 0 unspecified atom stereocenters. The van der Waals surface area contributed by atoms with E-state index in [1.807, 2.05) is 17.5 Å². The van der Waals surface area contributed by atoms with E-state index in [4.69, 9.17) is 23.2 Å². The van der Waals surface area contributed by atoms with Crippen LogP contribution in [0.25, 0.3) is 0 Å². The number of nitrogens with zero attached hydrogens (tertiary/aromatic N) is 2. The molecule has 0 saturated heterocycles. The number of amides is 3. The molecule has 0 atom stereocenters. The van der Waals surface area contributed by atoms with Crippen LogP contribution in [0, 0.1) is 5.82 Å². The number of benzene rings is 2. The molecule has 1 fully saturated rings. The highest BCUT2D eigenvalue weighted by atomic mass is 35.5. The number of carbonyl (C=O) groups is 2. The van der Waals surface area contributed by atoms with Crippen molar-refractivity contribution in [2.45, 2.75) is 51.2 Å². The summed E-state index contributed by atoms with van der Waals surface area (Å²) in [5.74, 6) is -0.486. The van der Waals surface area contributed by atoms with Gasteiger partial charge in [0.15, 0.2) is 0 Å². The van der Waals surface area contributed by atoms with Gasteiger partial charge in [-0.3, -0.25) is 4.79 Å². The van der Waals surface area contributed by atoms with Crippen molar-refractivity contribution in [3.05, 3.63) is 86.3 Å². The van der Waals surface area contributed by atoms with Gasteiger partial charge in [0, 0.05) is 23.2 Å². The molecule has 1 aliphatic rings. The van der Waals surface area contributed by atoms with Crippen molar-refractivity contribution in [2.75, 3.05) is 11.9 Å². The Hall–Kier alpha value is -2.61. The minimum atomic E-state index is -0.341. The second-order valence-corrected chi connectivity index (χ2v) is 10.8. The van der Waals surface area contributed by atoms with Crippen LogP contribution >= 0.6 is 34.5 Å². The Morgan fingerprint density at radius 1 is 0.972 bits per heavy atom. The molecule has 1 saturated carbocycles. The second kappa shape index (κ2) is 12.6. The van der Waals surface area contributed by atoms with E-state index in [2.05, 4.69) is 5.32 Å². The first-order valence-electron chi connectivity index (χ1n) is 12.0. The molecule has 1 aromatic heterocycles. The van der Waals surface area contributed by atoms with Crippen LogP contribution < -0.4 is 5.32 Å². The number of carbonyl (C=O) groups excluding carboxylic acids is 2. The lowest BCUT2D eigenvalue weighted by Crippen LogP contribution is -2.49. The lowest BCUT2D eigenvalue weighted by Gasteiger charge is -2.35. The summed E-state index contributed by atoms with van der Waals surface area (Å²) >= 11 is 13.7. The monoisotopic (exact) mass is 547 g/mol. The van der Waals surface area contributed by atoms with Crippen LogP contribution in [0.3, 0.4) is 0 Å². The topological polar surface area (TPSA) is 52.7 Å². The normalized spacial score (nSPS) is 13.9. The fourth-order valence-corrected chi connectivity index (χ4v) is 5.42. The molecular formula is C27H28Cl2FN3O2S. The van der Waals surface area contributed by atoms with Gasteiger partial charge in [-0.2, -0.15) is 0 Å². The smallest absolute Gasteiger partial charge is 0.322 e. The highest BCUT2D eigenvalue weighted by molar-refractivity contribution is 7.09. The van der Waals surface area contributed by atoms with Crippen molar-refractivity contribution in [1.82, 2.24) is 9.80 Å². The number of hydrogen-bond donors (Lipinski definition) is 1. The third kappa shape index (κ3) is 7.21. The van der Waals surface area contributed by atoms with Gasteiger partial charge in [-0.1, -0.05) is 60.7 Å². The summed E-state index contributed by atoms with van der Waals surface area (Å²) in [5, 5.41) is 5.60. The molecule has 5 nitrogen and oxygen atoms in total. The maximum absolute atomic E-state index is 13.6. The van der Waals surface area contributed by atoms with Crippen LogP contribution in [-0.4, -0.2) is 34.3 Å². The predicted octanol–water partition coefficient (Wildman–Crippen LogP) is 7.59. The Labute approximate surface area is 224 Å². The Bertz CT molecular complexity index is 1170. The van der Waals surface area contributed by atoms with Crippen molar-refractivity contribution < 1.29 is 14.0 Å². The summed E-state index contributed by atoms with van der Waals surface area (Å²) in [6.45, 7) is 0.690. The molecule has 2 aromatic carbocycles. The molecule has 1 heterocycles. The zero-order valence-electron chi connectivity index (χ0n) is 19.8. The van der Waals surface area contributed by atoms with Gasteiger partial charge in [-0.15, -0.1) is 11.3 Å². The van der Waals surface area contributed by atoms with Gasteiger partial charge in [0.2, 0.25) is 5.91 Å². The number of thiophene rings is 1. The SMILES string of the molecule is O=C(CN(C(=O)Nc1ccc(Cl)c(Cl)c1)C1CCCCC1)N(Cc1ccc(F)cc1)Cc1cccs1. The average molecular weight is 549 g/mol. The molecule has 0 spiro atoms. The minimum absolute atomic E-state index is 0.0279. The quantitative estimate of drug-likeness (QED) is 0.315. The van der Waals surface area contributed by atoms with Crippen molar-refractivity contribution in [1.29, 1.82) is 0 Å². The maximum atomic E-state index is 13.6. The standard InChI is InChI=1S/C27H28Cl2FN3O2S/c28-24-13-12-21(15-25(24)29)31-27(35)33(22-5-2-1-3-6-22)18-26(34)32(17-23-7-4-14-36-23)16-19-8-10-20(30)11-9-19/h4,7-15,22H,1-3,5-6,16-18H2,(H,31,35). The van der Waals surface area contributed by atoms with Crippen molar-refractivity contribution in [2.24, 2.45) is 0 Å². The van der Waals surface area contributed by atoms with Crippen molar-refractivity contribution in [3.63, 3.8) is 0 Å². The molecule has 3 amide bonds. The third-order valence-corrected chi connectivity index (χ3v) is 7.92. The Kier molecular flexibility index (Phi) is 9.24. The predicted molar refractivity (Wildman–Crippen MR) is 144 cm³/mol. The highest BCUT2D eigenvalue weighted by Gasteiger charge is 2.29. The van der Waals surface area contributed by atoms with Gasteiger partial charge in [0.05, 0.1) is 16.6 Å². The van der Waals surface area contributed by atoms with E-state index in [0.29, 0.717) is 28.8 Å². The first-order valence-corrected chi connectivity index (χ1v) is 13.6. The largest absolute Gasteiger partial charge is 0.332 e. The van der Waals surface area contributed by atoms with E-state index in [9.17, 15) is 14.0 Å². The van der Waals surface area contributed by atoms with E-state index in [0.717, 1.165) is 42.5 Å². The molecule has 3 aromatic rings. The van der Waals surface area contributed by atoms with Crippen LogP contribution in [0.2, 0.25) is 10.0 Å². The Morgan fingerprint density at radius 3 is 2.39 bits per heavy atom. The fraction of sp³-hybridized carbons (Fsp3) is 0.333. The molecule has 9 heteroatoms. The molecule has 4 rings (SSSR count). The van der Waals surface area contributed by atoms with E-state index < -0.39 is 0 Å². The zero-order chi connectivity index (χ0) is 25.5. The molecule has 0 aliphatic heterocycles. The van der Waals surface area contributed by atoms with Crippen molar-refractivity contribution in [3.8, 4) is 0 Å². The van der Waals surface area contributed by atoms with E-state index in [-0.39, 0.29) is 30.3 Å². The second-order valence-electron chi connectivity index (χ2n) is 8.93. The number of urea groups is 1. The summed E-state index contributed by atoms with van der Waals surface area (Å²) < 4.78 is 13.4. The molecule has 36 heavy (non-hydrogen) atoms. The van der Waals surface area contributed by atoms with Crippen LogP contribution in [0.15, 0.2) is 60.0 Å². The van der Waals surface area contributed by atoms with Crippen LogP contribution in [-0.2, 0) is 17.9 Å². The lowest BCUT2D eigenvalue weighted by atomic mass is 9.94. The molecule has 0 bridgehead atoms. The number of nitrogens with one attached hydrogen (secondary N) is 1. The number of rotatable bonds is 8. The summed E-state index contributed by atoms with van der Waals surface area (Å²) in [4.78, 5) is 31.5. The van der Waals surface area contributed by atoms with Crippen molar-refractivity contribution >= 4 is 52.2 Å². The van der Waals surface area contributed by atoms with Gasteiger partial charge in [0.25, 0.3) is 0 Å². The van der Waals surface area contributed by atoms with Gasteiger partial charge in [-0.25, -0.2) is 9.18 Å². The first kappa shape index (κ1) is 26.5. The van der Waals surface area contributed by atoms with Crippen LogP contribution in [0.5, 0.6) is 0 Å². The Morgan fingerprint density at radius 2 is 1.72 bits per heavy atom. The molecule has 1 aliphatic carbocycles. The van der Waals surface area contributed by atoms with E-state index >= 15 is 0 Å². The van der Waals surface area contributed by atoms with Gasteiger partial charge in [-0.05, 0) is 60.2 Å². The summed E-state index contributed by atoms with van der Waals surface area (Å²) in [6.07, 6.45) is 4.87. The van der Waals surface area contributed by atoms with Gasteiger partial charge >= 0.3 is 6.03 Å². The van der Waals surface area contributed by atoms with Crippen LogP contribution in [0.1, 0.15) is 42.5 Å². The summed E-state index contributed by atoms with van der Waals surface area (Å²) in [6, 6.07) is 14.6. The molecular weight excluding hydrogens is 520 g/mol. The minimum Gasteiger partial charge on any atom is -0.332 e. The number of hydrogen-bond acceptors (Lipinski definition) is 3. The zero-order valence-corrected chi connectivity index (χ0v) is 22.1. The van der Waals surface area contributed by atoms with Crippen LogP contribution in [0.4, 0.5) is 14.9 Å². The maximum Gasteiger partial charge on any atom is 0.322 e. The number of halogens is 3. The molecule has 1 N–H and O–H groups in total.